The fraction of sp³-hybridized carbons (Fsp3) is 0.385. The number of carbonyl (C=O) groups is 1. The highest BCUT2D eigenvalue weighted by Gasteiger charge is 2.46. The summed E-state index contributed by atoms with van der Waals surface area (Å²) in [5, 5.41) is 16.1. The molecule has 0 amide bonds. The maximum absolute atomic E-state index is 14.1. The van der Waals surface area contributed by atoms with Crippen molar-refractivity contribution in [2.75, 3.05) is 26.8 Å². The standard InChI is InChI=1S/C25H27F3N6O2.CH2O2/c1-15(35-2)14-36-20-5-3-4-16-6-8-19(30-22(16)20)24-32-31-21-9-7-17(12-34(21)24)23(25(26,27)28)33-11-10-18(29)13-33;2-1-3/h3-9,12,15,18,23H,10-11,13-14,29H2,1-2H3;1H,(H,2,3)/t15-,18+,23-;/m1./s1. The van der Waals surface area contributed by atoms with Crippen molar-refractivity contribution in [2.24, 2.45) is 5.73 Å². The number of hydrogen-bond acceptors (Lipinski definition) is 8. The summed E-state index contributed by atoms with van der Waals surface area (Å²) in [5.41, 5.74) is 7.51. The summed E-state index contributed by atoms with van der Waals surface area (Å²) < 4.78 is 55.2. The van der Waals surface area contributed by atoms with E-state index in [0.717, 1.165) is 5.39 Å². The van der Waals surface area contributed by atoms with Gasteiger partial charge in [-0.1, -0.05) is 24.3 Å². The lowest BCUT2D eigenvalue weighted by Crippen LogP contribution is -2.38. The lowest BCUT2D eigenvalue weighted by molar-refractivity contribution is -0.183. The maximum atomic E-state index is 14.1. The van der Waals surface area contributed by atoms with Gasteiger partial charge in [0, 0.05) is 37.8 Å². The lowest BCUT2D eigenvalue weighted by atomic mass is 10.1. The molecule has 3 atom stereocenters. The van der Waals surface area contributed by atoms with Crippen molar-refractivity contribution in [3.8, 4) is 17.3 Å². The third-order valence-electron chi connectivity index (χ3n) is 6.46. The fourth-order valence-electron chi connectivity index (χ4n) is 4.54. The Bertz CT molecular complexity index is 1430. The normalized spacial score (nSPS) is 17.5. The van der Waals surface area contributed by atoms with Crippen molar-refractivity contribution in [3.63, 3.8) is 0 Å². The minimum Gasteiger partial charge on any atom is -0.489 e. The predicted molar refractivity (Wildman–Crippen MR) is 137 cm³/mol. The van der Waals surface area contributed by atoms with E-state index < -0.39 is 12.2 Å². The van der Waals surface area contributed by atoms with Gasteiger partial charge in [0.2, 0.25) is 0 Å². The van der Waals surface area contributed by atoms with Gasteiger partial charge in [-0.2, -0.15) is 13.2 Å². The molecule has 5 rings (SSSR count). The smallest absolute Gasteiger partial charge is 0.408 e. The van der Waals surface area contributed by atoms with Crippen molar-refractivity contribution in [2.45, 2.75) is 37.7 Å². The molecule has 1 saturated heterocycles. The van der Waals surface area contributed by atoms with E-state index in [1.165, 1.54) is 17.2 Å². The van der Waals surface area contributed by atoms with Crippen molar-refractivity contribution in [1.82, 2.24) is 24.5 Å². The molecule has 1 aliphatic rings. The van der Waals surface area contributed by atoms with Gasteiger partial charge in [0.15, 0.2) is 11.5 Å². The van der Waals surface area contributed by atoms with Crippen LogP contribution < -0.4 is 10.5 Å². The number of rotatable bonds is 7. The molecule has 0 aliphatic carbocycles. The number of pyridine rings is 2. The first-order chi connectivity index (χ1) is 18.7. The maximum Gasteiger partial charge on any atom is 0.408 e. The van der Waals surface area contributed by atoms with E-state index in [1.54, 1.807) is 23.6 Å². The molecule has 4 heterocycles. The molecule has 39 heavy (non-hydrogen) atoms. The molecule has 3 aromatic heterocycles. The summed E-state index contributed by atoms with van der Waals surface area (Å²) in [7, 11) is 1.61. The number of nitrogens with two attached hydrogens (primary N) is 1. The summed E-state index contributed by atoms with van der Waals surface area (Å²) in [6.45, 7) is 2.47. The van der Waals surface area contributed by atoms with Crippen LogP contribution in [0.4, 0.5) is 13.2 Å². The van der Waals surface area contributed by atoms with E-state index in [4.69, 9.17) is 30.1 Å². The van der Waals surface area contributed by atoms with Gasteiger partial charge in [-0.25, -0.2) is 4.98 Å². The number of benzene rings is 1. The number of alkyl halides is 3. The zero-order chi connectivity index (χ0) is 28.2. The number of nitrogens with zero attached hydrogens (tertiary/aromatic N) is 5. The number of aromatic nitrogens is 4. The van der Waals surface area contributed by atoms with Gasteiger partial charge in [-0.3, -0.25) is 14.1 Å². The van der Waals surface area contributed by atoms with Gasteiger partial charge in [0.1, 0.15) is 29.6 Å². The molecule has 0 saturated carbocycles. The molecule has 208 valence electrons. The van der Waals surface area contributed by atoms with Gasteiger partial charge in [0.05, 0.1) is 6.10 Å². The van der Waals surface area contributed by atoms with E-state index >= 15 is 0 Å². The van der Waals surface area contributed by atoms with E-state index in [9.17, 15) is 13.2 Å². The summed E-state index contributed by atoms with van der Waals surface area (Å²) in [6, 6.07) is 10.2. The van der Waals surface area contributed by atoms with Crippen molar-refractivity contribution in [1.29, 1.82) is 0 Å². The molecule has 1 aromatic carbocycles. The second-order valence-corrected chi connectivity index (χ2v) is 9.19. The Kier molecular flexibility index (Phi) is 8.63. The summed E-state index contributed by atoms with van der Waals surface area (Å²) >= 11 is 0. The highest BCUT2D eigenvalue weighted by atomic mass is 19.4. The fourth-order valence-corrected chi connectivity index (χ4v) is 4.54. The van der Waals surface area contributed by atoms with Crippen LogP contribution in [0.3, 0.4) is 0 Å². The first-order valence-electron chi connectivity index (χ1n) is 12.2. The van der Waals surface area contributed by atoms with E-state index in [-0.39, 0.29) is 37.3 Å². The molecule has 1 fully saturated rings. The van der Waals surface area contributed by atoms with Crippen LogP contribution >= 0.6 is 0 Å². The highest BCUT2D eigenvalue weighted by Crippen LogP contribution is 2.39. The van der Waals surface area contributed by atoms with Crippen molar-refractivity contribution >= 4 is 23.0 Å². The summed E-state index contributed by atoms with van der Waals surface area (Å²) in [4.78, 5) is 14.5. The molecule has 1 aliphatic heterocycles. The van der Waals surface area contributed by atoms with Gasteiger partial charge >= 0.3 is 6.18 Å². The number of para-hydroxylation sites is 1. The average molecular weight is 547 g/mol. The number of likely N-dealkylation sites (tertiary alicyclic amines) is 1. The first kappa shape index (κ1) is 28.2. The monoisotopic (exact) mass is 546 g/mol. The van der Waals surface area contributed by atoms with Gasteiger partial charge in [-0.15, -0.1) is 10.2 Å². The zero-order valence-electron chi connectivity index (χ0n) is 21.4. The van der Waals surface area contributed by atoms with E-state index in [2.05, 4.69) is 10.2 Å². The number of ether oxygens (including phenoxy) is 2. The Morgan fingerprint density at radius 3 is 2.64 bits per heavy atom. The van der Waals surface area contributed by atoms with Crippen molar-refractivity contribution < 1.29 is 32.5 Å². The van der Waals surface area contributed by atoms with Crippen LogP contribution in [0.5, 0.6) is 5.75 Å². The Morgan fingerprint density at radius 2 is 1.97 bits per heavy atom. The molecule has 0 unspecified atom stereocenters. The molecule has 13 heteroatoms. The molecular formula is C26H29F3N6O4. The SMILES string of the molecule is CO[C@H](C)COc1cccc2ccc(-c3nnc4ccc([C@@H](N5CC[C@H](N)C5)C(F)(F)F)cn34)nc12.O=CO. The first-order valence-corrected chi connectivity index (χ1v) is 12.2. The summed E-state index contributed by atoms with van der Waals surface area (Å²) in [5.74, 6) is 0.920. The number of halogens is 3. The Morgan fingerprint density at radius 1 is 1.21 bits per heavy atom. The number of methoxy groups -OCH3 is 1. The third-order valence-corrected chi connectivity index (χ3v) is 6.46. The predicted octanol–water partition coefficient (Wildman–Crippen LogP) is 3.70. The number of carboxylic acid groups (broad SMARTS) is 1. The number of fused-ring (bicyclic) bond motifs is 2. The summed E-state index contributed by atoms with van der Waals surface area (Å²) in [6.07, 6.45) is -2.59. The second kappa shape index (κ2) is 11.9. The van der Waals surface area contributed by atoms with Crippen LogP contribution in [0.15, 0.2) is 48.7 Å². The molecule has 0 spiro atoms. The van der Waals surface area contributed by atoms with Crippen LogP contribution in [-0.4, -0.2) is 81.2 Å². The van der Waals surface area contributed by atoms with Crippen LogP contribution in [0.25, 0.3) is 28.1 Å². The Hall–Kier alpha value is -3.81. The second-order valence-electron chi connectivity index (χ2n) is 9.19. The molecule has 0 radical (unpaired) electrons. The molecular weight excluding hydrogens is 517 g/mol. The van der Waals surface area contributed by atoms with Crippen LogP contribution in [0, 0.1) is 0 Å². The van der Waals surface area contributed by atoms with Crippen LogP contribution in [0.2, 0.25) is 0 Å². The molecule has 4 aromatic rings. The molecule has 10 nitrogen and oxygen atoms in total. The van der Waals surface area contributed by atoms with Crippen LogP contribution in [-0.2, 0) is 9.53 Å². The minimum atomic E-state index is -4.46. The van der Waals surface area contributed by atoms with Gasteiger partial charge in [0.25, 0.3) is 6.47 Å². The lowest BCUT2D eigenvalue weighted by Gasteiger charge is -2.30. The average Bonchev–Trinajstić information content (AvgIpc) is 3.52. The Balaban J connectivity index is 0.00000112. The number of hydrogen-bond donors (Lipinski definition) is 2. The topological polar surface area (TPSA) is 128 Å². The van der Waals surface area contributed by atoms with Gasteiger partial charge in [-0.05, 0) is 37.1 Å². The van der Waals surface area contributed by atoms with Crippen molar-refractivity contribution in [3.05, 3.63) is 54.2 Å². The van der Waals surface area contributed by atoms with E-state index in [0.29, 0.717) is 41.5 Å². The molecule has 0 bridgehead atoms. The quantitative estimate of drug-likeness (QED) is 0.334. The Labute approximate surface area is 222 Å². The molecule has 3 N–H and O–H groups in total. The van der Waals surface area contributed by atoms with E-state index in [1.807, 2.05) is 31.2 Å². The van der Waals surface area contributed by atoms with Gasteiger partial charge < -0.3 is 20.3 Å². The highest BCUT2D eigenvalue weighted by molar-refractivity contribution is 5.86. The third kappa shape index (κ3) is 6.27. The largest absolute Gasteiger partial charge is 0.489 e. The van der Waals surface area contributed by atoms with Crippen LogP contribution in [0.1, 0.15) is 24.9 Å². The minimum absolute atomic E-state index is 0.100. The zero-order valence-corrected chi connectivity index (χ0v) is 21.4.